The fourth-order valence-electron chi connectivity index (χ4n) is 1.69. The van der Waals surface area contributed by atoms with Crippen LogP contribution in [0.3, 0.4) is 0 Å². The molecule has 21 heavy (non-hydrogen) atoms. The van der Waals surface area contributed by atoms with Gasteiger partial charge in [0.25, 0.3) is 0 Å². The zero-order valence-electron chi connectivity index (χ0n) is 11.7. The van der Waals surface area contributed by atoms with Gasteiger partial charge < -0.3 is 21.5 Å². The van der Waals surface area contributed by atoms with Crippen molar-refractivity contribution >= 4 is 17.8 Å². The summed E-state index contributed by atoms with van der Waals surface area (Å²) in [6.45, 7) is 1.11. The molecule has 2 atom stereocenters. The van der Waals surface area contributed by atoms with Gasteiger partial charge in [0.05, 0.1) is 6.54 Å². The van der Waals surface area contributed by atoms with Gasteiger partial charge in [-0.15, -0.1) is 0 Å². The Kier molecular flexibility index (Phi) is 6.35. The summed E-state index contributed by atoms with van der Waals surface area (Å²) < 4.78 is 0. The Balaban J connectivity index is 2.78. The Morgan fingerprint density at radius 2 is 1.81 bits per heavy atom. The zero-order chi connectivity index (χ0) is 15.8. The molecule has 0 aliphatic rings. The van der Waals surface area contributed by atoms with E-state index in [1.165, 1.54) is 6.92 Å². The SMILES string of the molecule is C[C@@H](NC(=O)[C@@H](Cc1ccccc1)NC(=O)CN)C(=O)O. The van der Waals surface area contributed by atoms with E-state index in [9.17, 15) is 14.4 Å². The molecular weight excluding hydrogens is 274 g/mol. The predicted octanol–water partition coefficient (Wildman–Crippen LogP) is -0.738. The van der Waals surface area contributed by atoms with Crippen LogP contribution in [0.25, 0.3) is 0 Å². The third-order valence-corrected chi connectivity index (χ3v) is 2.85. The van der Waals surface area contributed by atoms with E-state index in [0.717, 1.165) is 5.56 Å². The average molecular weight is 293 g/mol. The van der Waals surface area contributed by atoms with Crippen molar-refractivity contribution in [2.75, 3.05) is 6.54 Å². The van der Waals surface area contributed by atoms with Gasteiger partial charge in [0.1, 0.15) is 12.1 Å². The molecule has 0 radical (unpaired) electrons. The van der Waals surface area contributed by atoms with Gasteiger partial charge in [-0.1, -0.05) is 30.3 Å². The van der Waals surface area contributed by atoms with Gasteiger partial charge in [-0.2, -0.15) is 0 Å². The van der Waals surface area contributed by atoms with Crippen molar-refractivity contribution in [3.05, 3.63) is 35.9 Å². The second-order valence-electron chi connectivity index (χ2n) is 4.58. The quantitative estimate of drug-likeness (QED) is 0.527. The zero-order valence-corrected chi connectivity index (χ0v) is 11.7. The molecule has 7 heteroatoms. The Morgan fingerprint density at radius 3 is 2.33 bits per heavy atom. The van der Waals surface area contributed by atoms with E-state index >= 15 is 0 Å². The predicted molar refractivity (Wildman–Crippen MR) is 76.4 cm³/mol. The van der Waals surface area contributed by atoms with Crippen LogP contribution in [0.15, 0.2) is 30.3 Å². The van der Waals surface area contributed by atoms with Gasteiger partial charge in [-0.3, -0.25) is 14.4 Å². The Hall–Kier alpha value is -2.41. The average Bonchev–Trinajstić information content (AvgIpc) is 2.47. The van der Waals surface area contributed by atoms with E-state index in [2.05, 4.69) is 10.6 Å². The van der Waals surface area contributed by atoms with Gasteiger partial charge in [0.2, 0.25) is 11.8 Å². The first-order valence-corrected chi connectivity index (χ1v) is 6.50. The second kappa shape index (κ2) is 8.01. The molecule has 114 valence electrons. The van der Waals surface area contributed by atoms with Crippen molar-refractivity contribution in [2.45, 2.75) is 25.4 Å². The van der Waals surface area contributed by atoms with Crippen LogP contribution in [-0.4, -0.2) is 41.5 Å². The highest BCUT2D eigenvalue weighted by Gasteiger charge is 2.24. The molecule has 0 heterocycles. The molecule has 0 aliphatic heterocycles. The van der Waals surface area contributed by atoms with Crippen molar-refractivity contribution in [3.8, 4) is 0 Å². The summed E-state index contributed by atoms with van der Waals surface area (Å²) in [6, 6.07) is 7.19. The molecular formula is C14H19N3O4. The number of carboxylic acids is 1. The van der Waals surface area contributed by atoms with E-state index in [-0.39, 0.29) is 13.0 Å². The number of benzene rings is 1. The van der Waals surface area contributed by atoms with Gasteiger partial charge >= 0.3 is 5.97 Å². The largest absolute Gasteiger partial charge is 0.480 e. The van der Waals surface area contributed by atoms with Crippen LogP contribution < -0.4 is 16.4 Å². The number of hydrogen-bond acceptors (Lipinski definition) is 4. The Labute approximate surface area is 122 Å². The Bertz CT molecular complexity index is 504. The van der Waals surface area contributed by atoms with E-state index in [4.69, 9.17) is 10.8 Å². The summed E-state index contributed by atoms with van der Waals surface area (Å²) in [7, 11) is 0. The maximum Gasteiger partial charge on any atom is 0.325 e. The Morgan fingerprint density at radius 1 is 1.19 bits per heavy atom. The van der Waals surface area contributed by atoms with E-state index in [0.29, 0.717) is 0 Å². The van der Waals surface area contributed by atoms with Crippen LogP contribution in [0.2, 0.25) is 0 Å². The van der Waals surface area contributed by atoms with Crippen LogP contribution >= 0.6 is 0 Å². The number of carbonyl (C=O) groups is 3. The first-order valence-electron chi connectivity index (χ1n) is 6.50. The fraction of sp³-hybridized carbons (Fsp3) is 0.357. The highest BCUT2D eigenvalue weighted by atomic mass is 16.4. The van der Waals surface area contributed by atoms with E-state index in [1.807, 2.05) is 30.3 Å². The molecule has 0 spiro atoms. The van der Waals surface area contributed by atoms with Crippen LogP contribution in [0, 0.1) is 0 Å². The smallest absolute Gasteiger partial charge is 0.325 e. The number of hydrogen-bond donors (Lipinski definition) is 4. The summed E-state index contributed by atoms with van der Waals surface area (Å²) >= 11 is 0. The number of aliphatic carboxylic acids is 1. The fourth-order valence-corrected chi connectivity index (χ4v) is 1.69. The van der Waals surface area contributed by atoms with Crippen LogP contribution in [-0.2, 0) is 20.8 Å². The number of amides is 2. The first kappa shape index (κ1) is 16.6. The van der Waals surface area contributed by atoms with Crippen LogP contribution in [0.4, 0.5) is 0 Å². The van der Waals surface area contributed by atoms with E-state index < -0.39 is 29.9 Å². The molecule has 2 amide bonds. The maximum atomic E-state index is 12.1. The standard InChI is InChI=1S/C14H19N3O4/c1-9(14(20)21)16-13(19)11(17-12(18)8-15)7-10-5-3-2-4-6-10/h2-6,9,11H,7-8,15H2,1H3,(H,16,19)(H,17,18)(H,20,21)/t9-,11-/m1/s1. The minimum Gasteiger partial charge on any atom is -0.480 e. The summed E-state index contributed by atoms with van der Waals surface area (Å²) in [6.07, 6.45) is 0.255. The van der Waals surface area contributed by atoms with Crippen molar-refractivity contribution in [1.82, 2.24) is 10.6 Å². The second-order valence-corrected chi connectivity index (χ2v) is 4.58. The van der Waals surface area contributed by atoms with Gasteiger partial charge in [-0.25, -0.2) is 0 Å². The normalized spacial score (nSPS) is 13.0. The van der Waals surface area contributed by atoms with E-state index in [1.54, 1.807) is 0 Å². The number of carboxylic acid groups (broad SMARTS) is 1. The summed E-state index contributed by atoms with van der Waals surface area (Å²) in [5.74, 6) is -2.18. The maximum absolute atomic E-state index is 12.1. The number of carbonyl (C=O) groups excluding carboxylic acids is 2. The van der Waals surface area contributed by atoms with Crippen LogP contribution in [0.1, 0.15) is 12.5 Å². The molecule has 0 saturated carbocycles. The lowest BCUT2D eigenvalue weighted by atomic mass is 10.0. The summed E-state index contributed by atoms with van der Waals surface area (Å²) in [5.41, 5.74) is 6.07. The van der Waals surface area contributed by atoms with Crippen LogP contribution in [0.5, 0.6) is 0 Å². The van der Waals surface area contributed by atoms with Gasteiger partial charge in [-0.05, 0) is 12.5 Å². The summed E-state index contributed by atoms with van der Waals surface area (Å²) in [5, 5.41) is 13.6. The third kappa shape index (κ3) is 5.62. The molecule has 0 aliphatic carbocycles. The molecule has 0 fully saturated rings. The lowest BCUT2D eigenvalue weighted by molar-refractivity contribution is -0.141. The van der Waals surface area contributed by atoms with Gasteiger partial charge in [0.15, 0.2) is 0 Å². The minimum absolute atomic E-state index is 0.243. The highest BCUT2D eigenvalue weighted by molar-refractivity contribution is 5.90. The topological polar surface area (TPSA) is 122 Å². The van der Waals surface area contributed by atoms with Crippen molar-refractivity contribution in [1.29, 1.82) is 0 Å². The molecule has 0 bridgehead atoms. The minimum atomic E-state index is -1.15. The molecule has 7 nitrogen and oxygen atoms in total. The summed E-state index contributed by atoms with van der Waals surface area (Å²) in [4.78, 5) is 34.3. The van der Waals surface area contributed by atoms with Gasteiger partial charge in [0, 0.05) is 6.42 Å². The van der Waals surface area contributed by atoms with Crippen molar-refractivity contribution in [2.24, 2.45) is 5.73 Å². The molecule has 0 saturated heterocycles. The number of rotatable bonds is 7. The monoisotopic (exact) mass is 293 g/mol. The molecule has 1 rings (SSSR count). The lowest BCUT2D eigenvalue weighted by Crippen LogP contribution is -2.52. The highest BCUT2D eigenvalue weighted by Crippen LogP contribution is 2.04. The molecule has 5 N–H and O–H groups in total. The molecule has 1 aromatic rings. The third-order valence-electron chi connectivity index (χ3n) is 2.85. The number of nitrogens with one attached hydrogen (secondary N) is 2. The number of nitrogens with two attached hydrogens (primary N) is 1. The lowest BCUT2D eigenvalue weighted by Gasteiger charge is -2.19. The molecule has 0 unspecified atom stereocenters. The molecule has 1 aromatic carbocycles. The first-order chi connectivity index (χ1) is 9.93. The molecule has 0 aromatic heterocycles. The van der Waals surface area contributed by atoms with Crippen molar-refractivity contribution < 1.29 is 19.5 Å². The van der Waals surface area contributed by atoms with Crippen molar-refractivity contribution in [3.63, 3.8) is 0 Å².